The van der Waals surface area contributed by atoms with Crippen LogP contribution in [0.5, 0.6) is 0 Å². The van der Waals surface area contributed by atoms with Crippen molar-refractivity contribution < 1.29 is 24.5 Å². The number of rotatable bonds is 11. The van der Waals surface area contributed by atoms with Crippen molar-refractivity contribution in [2.45, 2.75) is 83.0 Å². The van der Waals surface area contributed by atoms with Crippen LogP contribution in [0.15, 0.2) is 54.6 Å². The molecule has 1 aromatic heterocycles. The van der Waals surface area contributed by atoms with Crippen LogP contribution in [0.1, 0.15) is 70.5 Å². The van der Waals surface area contributed by atoms with Crippen molar-refractivity contribution in [3.8, 4) is 22.5 Å². The number of hydrogen-bond acceptors (Lipinski definition) is 5. The number of carboxylic acid groups (broad SMARTS) is 1. The standard InChI is InChI=1S/C31H38FN3O4/c1-20(2)31-34-29(22-7-6-10-25(17-22)33-24-8-4-3-5-9-24)30(21-11-13-23(32)14-12-21)35(31)16-15-26(36)18-27(37)19-28(38)39/h6-7,10-17,20,24,26-27,33,36-37H,3-5,8-9,18-19H2,1-2H3,(H,38,39)/b16-15+. The molecule has 208 valence electrons. The number of aromatic nitrogens is 2. The molecule has 0 spiro atoms. The minimum absolute atomic E-state index is 0.0286. The van der Waals surface area contributed by atoms with Crippen LogP contribution >= 0.6 is 0 Å². The molecule has 2 aromatic carbocycles. The van der Waals surface area contributed by atoms with E-state index < -0.39 is 24.6 Å². The summed E-state index contributed by atoms with van der Waals surface area (Å²) in [5.74, 6) is -0.684. The molecule has 0 bridgehead atoms. The summed E-state index contributed by atoms with van der Waals surface area (Å²) in [4.78, 5) is 15.9. The number of aliphatic hydroxyl groups excluding tert-OH is 2. The van der Waals surface area contributed by atoms with Gasteiger partial charge in [0, 0.05) is 41.4 Å². The lowest BCUT2D eigenvalue weighted by Gasteiger charge is -2.24. The summed E-state index contributed by atoms with van der Waals surface area (Å²) in [5.41, 5.74) is 4.21. The first-order valence-corrected chi connectivity index (χ1v) is 13.7. The Hall–Kier alpha value is -3.49. The highest BCUT2D eigenvalue weighted by Gasteiger charge is 2.22. The number of aliphatic hydroxyl groups is 2. The minimum atomic E-state index is -1.17. The van der Waals surface area contributed by atoms with Gasteiger partial charge >= 0.3 is 5.97 Å². The molecule has 2 atom stereocenters. The lowest BCUT2D eigenvalue weighted by Crippen LogP contribution is -2.22. The molecule has 0 saturated heterocycles. The number of carboxylic acids is 1. The van der Waals surface area contributed by atoms with Crippen molar-refractivity contribution in [2.24, 2.45) is 0 Å². The SMILES string of the molecule is CC(C)c1nc(-c2cccc(NC3CCCCC3)c2)c(-c2ccc(F)cc2)n1/C=C/C(O)CC(O)CC(=O)O. The third kappa shape index (κ3) is 7.55. The van der Waals surface area contributed by atoms with E-state index in [1.54, 1.807) is 18.3 Å². The summed E-state index contributed by atoms with van der Waals surface area (Å²) in [6, 6.07) is 14.9. The minimum Gasteiger partial charge on any atom is -0.481 e. The van der Waals surface area contributed by atoms with Gasteiger partial charge in [-0.3, -0.25) is 4.79 Å². The van der Waals surface area contributed by atoms with Crippen LogP contribution in [0.25, 0.3) is 28.7 Å². The van der Waals surface area contributed by atoms with Crippen molar-refractivity contribution in [1.82, 2.24) is 9.55 Å². The number of benzene rings is 2. The fourth-order valence-corrected chi connectivity index (χ4v) is 5.16. The summed E-state index contributed by atoms with van der Waals surface area (Å²) < 4.78 is 15.7. The number of imidazole rings is 1. The normalized spacial score (nSPS) is 16.1. The van der Waals surface area contributed by atoms with Crippen molar-refractivity contribution in [3.63, 3.8) is 0 Å². The molecule has 0 radical (unpaired) electrons. The van der Waals surface area contributed by atoms with Crippen LogP contribution in [0.3, 0.4) is 0 Å². The topological polar surface area (TPSA) is 108 Å². The summed E-state index contributed by atoms with van der Waals surface area (Å²) >= 11 is 0. The number of nitrogens with zero attached hydrogens (tertiary/aromatic N) is 2. The number of hydrogen-bond donors (Lipinski definition) is 4. The second-order valence-corrected chi connectivity index (χ2v) is 10.7. The summed E-state index contributed by atoms with van der Waals surface area (Å²) in [6.07, 6.45) is 6.52. The average Bonchev–Trinajstić information content (AvgIpc) is 3.28. The van der Waals surface area contributed by atoms with Crippen LogP contribution in [0.4, 0.5) is 10.1 Å². The van der Waals surface area contributed by atoms with E-state index in [-0.39, 0.29) is 18.2 Å². The highest BCUT2D eigenvalue weighted by atomic mass is 19.1. The van der Waals surface area contributed by atoms with Gasteiger partial charge in [0.05, 0.1) is 30.0 Å². The van der Waals surface area contributed by atoms with Gasteiger partial charge in [0.15, 0.2) is 0 Å². The number of carbonyl (C=O) groups is 1. The fraction of sp³-hybridized carbons (Fsp3) is 0.419. The largest absolute Gasteiger partial charge is 0.481 e. The molecule has 0 amide bonds. The van der Waals surface area contributed by atoms with Gasteiger partial charge in [0.25, 0.3) is 0 Å². The van der Waals surface area contributed by atoms with Crippen molar-refractivity contribution in [3.05, 3.63) is 66.2 Å². The molecule has 1 saturated carbocycles. The van der Waals surface area contributed by atoms with Gasteiger partial charge in [-0.1, -0.05) is 45.2 Å². The molecular formula is C31H38FN3O4. The van der Waals surface area contributed by atoms with E-state index >= 15 is 0 Å². The van der Waals surface area contributed by atoms with E-state index in [0.29, 0.717) is 6.04 Å². The second kappa shape index (κ2) is 13.0. The quantitative estimate of drug-likeness (QED) is 0.230. The molecule has 1 fully saturated rings. The molecule has 8 heteroatoms. The Bertz CT molecular complexity index is 1280. The first-order valence-electron chi connectivity index (χ1n) is 13.7. The Kier molecular flexibility index (Phi) is 9.54. The van der Waals surface area contributed by atoms with Gasteiger partial charge in [-0.2, -0.15) is 0 Å². The number of halogens is 1. The second-order valence-electron chi connectivity index (χ2n) is 10.7. The highest BCUT2D eigenvalue weighted by Crippen LogP contribution is 2.36. The molecule has 4 N–H and O–H groups in total. The Morgan fingerprint density at radius 1 is 1.10 bits per heavy atom. The molecular weight excluding hydrogens is 497 g/mol. The molecule has 2 unspecified atom stereocenters. The van der Waals surface area contributed by atoms with Crippen LogP contribution < -0.4 is 5.32 Å². The fourth-order valence-electron chi connectivity index (χ4n) is 5.16. The van der Waals surface area contributed by atoms with Crippen LogP contribution in [-0.2, 0) is 4.79 Å². The Morgan fingerprint density at radius 3 is 2.49 bits per heavy atom. The van der Waals surface area contributed by atoms with Crippen LogP contribution in [0.2, 0.25) is 0 Å². The van der Waals surface area contributed by atoms with Gasteiger partial charge in [-0.15, -0.1) is 0 Å². The maximum atomic E-state index is 13.9. The lowest BCUT2D eigenvalue weighted by molar-refractivity contribution is -0.139. The maximum absolute atomic E-state index is 13.9. The highest BCUT2D eigenvalue weighted by molar-refractivity contribution is 5.82. The van der Waals surface area contributed by atoms with Crippen molar-refractivity contribution >= 4 is 17.9 Å². The Balaban J connectivity index is 1.75. The first-order chi connectivity index (χ1) is 18.7. The number of aliphatic carboxylic acids is 1. The third-order valence-corrected chi connectivity index (χ3v) is 7.07. The molecule has 1 heterocycles. The number of anilines is 1. The van der Waals surface area contributed by atoms with Crippen molar-refractivity contribution in [1.29, 1.82) is 0 Å². The van der Waals surface area contributed by atoms with Crippen molar-refractivity contribution in [2.75, 3.05) is 5.32 Å². The molecule has 4 rings (SSSR count). The van der Waals surface area contributed by atoms with Crippen LogP contribution in [0, 0.1) is 5.82 Å². The van der Waals surface area contributed by atoms with E-state index in [1.165, 1.54) is 37.5 Å². The molecule has 7 nitrogen and oxygen atoms in total. The van der Waals surface area contributed by atoms with Gasteiger partial charge in [0.2, 0.25) is 0 Å². The molecule has 0 aliphatic heterocycles. The predicted octanol–water partition coefficient (Wildman–Crippen LogP) is 6.28. The first kappa shape index (κ1) is 28.5. The Labute approximate surface area is 229 Å². The lowest BCUT2D eigenvalue weighted by atomic mass is 9.95. The molecule has 1 aliphatic carbocycles. The van der Waals surface area contributed by atoms with Gasteiger partial charge in [-0.25, -0.2) is 9.37 Å². The maximum Gasteiger partial charge on any atom is 0.305 e. The zero-order chi connectivity index (χ0) is 27.9. The van der Waals surface area contributed by atoms with E-state index in [4.69, 9.17) is 10.1 Å². The predicted molar refractivity (Wildman–Crippen MR) is 152 cm³/mol. The number of nitrogens with one attached hydrogen (secondary N) is 1. The van der Waals surface area contributed by atoms with E-state index in [9.17, 15) is 19.4 Å². The zero-order valence-electron chi connectivity index (χ0n) is 22.6. The summed E-state index contributed by atoms with van der Waals surface area (Å²) in [7, 11) is 0. The Morgan fingerprint density at radius 2 is 1.82 bits per heavy atom. The smallest absolute Gasteiger partial charge is 0.305 e. The van der Waals surface area contributed by atoms with Crippen LogP contribution in [-0.4, -0.2) is 49.1 Å². The molecule has 1 aliphatic rings. The van der Waals surface area contributed by atoms with Gasteiger partial charge in [0.1, 0.15) is 11.6 Å². The molecule has 3 aromatic rings. The van der Waals surface area contributed by atoms with Gasteiger partial charge < -0.3 is 25.2 Å². The van der Waals surface area contributed by atoms with Gasteiger partial charge in [-0.05, 0) is 55.3 Å². The summed E-state index contributed by atoms with van der Waals surface area (Å²) in [5, 5.41) is 33.0. The third-order valence-electron chi connectivity index (χ3n) is 7.07. The molecule has 39 heavy (non-hydrogen) atoms. The average molecular weight is 536 g/mol. The zero-order valence-corrected chi connectivity index (χ0v) is 22.6. The monoisotopic (exact) mass is 535 g/mol. The van der Waals surface area contributed by atoms with E-state index in [0.717, 1.165) is 46.9 Å². The summed E-state index contributed by atoms with van der Waals surface area (Å²) in [6.45, 7) is 4.05. The van der Waals surface area contributed by atoms with E-state index in [1.807, 2.05) is 30.5 Å². The van der Waals surface area contributed by atoms with E-state index in [2.05, 4.69) is 17.4 Å².